The molecule has 0 aromatic heterocycles. The second kappa shape index (κ2) is 6.18. The highest BCUT2D eigenvalue weighted by atomic mass is 79.9. The van der Waals surface area contributed by atoms with Crippen LogP contribution < -0.4 is 0 Å². The van der Waals surface area contributed by atoms with E-state index in [0.717, 1.165) is 0 Å². The summed E-state index contributed by atoms with van der Waals surface area (Å²) >= 11 is 8.47. The van der Waals surface area contributed by atoms with Crippen molar-refractivity contribution in [1.29, 1.82) is 0 Å². The lowest BCUT2D eigenvalue weighted by Crippen LogP contribution is -2.17. The summed E-state index contributed by atoms with van der Waals surface area (Å²) in [6, 6.07) is 4.11. The fraction of sp³-hybridized carbons (Fsp3) is 0.300. The molecule has 0 saturated heterocycles. The number of carboxylic acid groups (broad SMARTS) is 1. The summed E-state index contributed by atoms with van der Waals surface area (Å²) in [6.45, 7) is 0.0496. The van der Waals surface area contributed by atoms with Crippen LogP contribution in [0.5, 0.6) is 0 Å². The largest absolute Gasteiger partial charge is 0.479 e. The second-order valence-corrected chi connectivity index (χ2v) is 4.24. The zero-order chi connectivity index (χ0) is 12.1. The molecule has 16 heavy (non-hydrogen) atoms. The van der Waals surface area contributed by atoms with Crippen LogP contribution >= 0.6 is 27.5 Å². The third kappa shape index (κ3) is 3.43. The summed E-state index contributed by atoms with van der Waals surface area (Å²) in [6.07, 6.45) is -1.33. The lowest BCUT2D eigenvalue weighted by molar-refractivity contribution is -0.150. The van der Waals surface area contributed by atoms with Crippen LogP contribution in [0.4, 0.5) is 4.39 Å². The van der Waals surface area contributed by atoms with E-state index in [1.165, 1.54) is 12.1 Å². The normalized spacial score (nSPS) is 12.4. The van der Waals surface area contributed by atoms with Gasteiger partial charge in [0.15, 0.2) is 6.10 Å². The molecule has 1 N–H and O–H groups in total. The van der Waals surface area contributed by atoms with Crippen LogP contribution in [0.2, 0.25) is 0 Å². The molecule has 0 bridgehead atoms. The number of alkyl halides is 1. The van der Waals surface area contributed by atoms with Gasteiger partial charge in [-0.2, -0.15) is 0 Å². The zero-order valence-electron chi connectivity index (χ0n) is 8.12. The van der Waals surface area contributed by atoms with Gasteiger partial charge in [0.1, 0.15) is 5.82 Å². The van der Waals surface area contributed by atoms with Gasteiger partial charge in [-0.3, -0.25) is 0 Å². The van der Waals surface area contributed by atoms with Crippen molar-refractivity contribution in [3.05, 3.63) is 34.1 Å². The Hall–Kier alpha value is -0.650. The summed E-state index contributed by atoms with van der Waals surface area (Å²) in [5.74, 6) is -1.72. The Bertz CT molecular complexity index is 386. The van der Waals surface area contributed by atoms with Gasteiger partial charge in [-0.25, -0.2) is 9.18 Å². The first-order valence-electron chi connectivity index (χ1n) is 4.41. The Morgan fingerprint density at radius 3 is 2.81 bits per heavy atom. The van der Waals surface area contributed by atoms with E-state index in [0.29, 0.717) is 4.47 Å². The summed E-state index contributed by atoms with van der Waals surface area (Å²) < 4.78 is 19.0. The maximum atomic E-state index is 13.5. The molecule has 0 aliphatic carbocycles. The smallest absolute Gasteiger partial charge is 0.337 e. The first kappa shape index (κ1) is 13.4. The Morgan fingerprint density at radius 2 is 2.31 bits per heavy atom. The number of hydrogen-bond acceptors (Lipinski definition) is 2. The topological polar surface area (TPSA) is 46.5 Å². The predicted octanol–water partition coefficient (Wildman–Crippen LogP) is 2.97. The molecule has 6 heteroatoms. The molecule has 1 rings (SSSR count). The molecule has 3 nitrogen and oxygen atoms in total. The molecule has 0 fully saturated rings. The molecule has 0 aliphatic rings. The molecule has 0 amide bonds. The fourth-order valence-electron chi connectivity index (χ4n) is 1.17. The van der Waals surface area contributed by atoms with Crippen LogP contribution in [0.15, 0.2) is 22.7 Å². The third-order valence-corrected chi connectivity index (χ3v) is 2.48. The molecule has 0 radical (unpaired) electrons. The van der Waals surface area contributed by atoms with Crippen LogP contribution in [0.3, 0.4) is 0 Å². The minimum Gasteiger partial charge on any atom is -0.479 e. The highest BCUT2D eigenvalue weighted by Crippen LogP contribution is 2.24. The molecule has 1 atom stereocenters. The van der Waals surface area contributed by atoms with Crippen molar-refractivity contribution < 1.29 is 19.0 Å². The molecule has 88 valence electrons. The van der Waals surface area contributed by atoms with Gasteiger partial charge in [0.05, 0.1) is 6.61 Å². The maximum absolute atomic E-state index is 13.5. The average Bonchev–Trinajstić information content (AvgIpc) is 2.20. The van der Waals surface area contributed by atoms with E-state index < -0.39 is 17.9 Å². The van der Waals surface area contributed by atoms with Crippen LogP contribution in [-0.4, -0.2) is 23.6 Å². The molecule has 0 spiro atoms. The number of rotatable bonds is 5. The molecule has 0 saturated carbocycles. The van der Waals surface area contributed by atoms with Crippen molar-refractivity contribution in [2.75, 3.05) is 12.5 Å². The fourth-order valence-corrected chi connectivity index (χ4v) is 1.59. The van der Waals surface area contributed by atoms with Crippen molar-refractivity contribution in [3.63, 3.8) is 0 Å². The summed E-state index contributed by atoms with van der Waals surface area (Å²) in [5, 5.41) is 8.90. The number of halogens is 3. The first-order chi connectivity index (χ1) is 7.56. The molecular formula is C10H9BrClFO3. The highest BCUT2D eigenvalue weighted by Gasteiger charge is 2.23. The van der Waals surface area contributed by atoms with Gasteiger partial charge in [0.2, 0.25) is 0 Å². The van der Waals surface area contributed by atoms with Gasteiger partial charge < -0.3 is 9.84 Å². The lowest BCUT2D eigenvalue weighted by Gasteiger charge is -2.14. The van der Waals surface area contributed by atoms with Gasteiger partial charge in [-0.1, -0.05) is 22.0 Å². The monoisotopic (exact) mass is 310 g/mol. The maximum Gasteiger partial charge on any atom is 0.337 e. The minimum absolute atomic E-state index is 0.0131. The third-order valence-electron chi connectivity index (χ3n) is 1.83. The Morgan fingerprint density at radius 1 is 1.62 bits per heavy atom. The predicted molar refractivity (Wildman–Crippen MR) is 61.1 cm³/mol. The van der Waals surface area contributed by atoms with E-state index >= 15 is 0 Å². The van der Waals surface area contributed by atoms with E-state index in [-0.39, 0.29) is 18.1 Å². The van der Waals surface area contributed by atoms with E-state index in [1.54, 1.807) is 6.07 Å². The van der Waals surface area contributed by atoms with Crippen molar-refractivity contribution in [2.45, 2.75) is 6.10 Å². The number of benzene rings is 1. The number of aliphatic carboxylic acids is 1. The number of carboxylic acids is 1. The second-order valence-electron chi connectivity index (χ2n) is 2.94. The van der Waals surface area contributed by atoms with E-state index in [4.69, 9.17) is 21.4 Å². The van der Waals surface area contributed by atoms with Crippen molar-refractivity contribution in [2.24, 2.45) is 0 Å². The highest BCUT2D eigenvalue weighted by molar-refractivity contribution is 9.10. The average molecular weight is 312 g/mol. The molecule has 1 aromatic rings. The number of carbonyl (C=O) groups is 1. The zero-order valence-corrected chi connectivity index (χ0v) is 10.5. The molecular weight excluding hydrogens is 302 g/mol. The van der Waals surface area contributed by atoms with Crippen LogP contribution in [-0.2, 0) is 9.53 Å². The quantitative estimate of drug-likeness (QED) is 0.850. The molecule has 1 unspecified atom stereocenters. The Labute approximate surface area is 105 Å². The summed E-state index contributed by atoms with van der Waals surface area (Å²) in [7, 11) is 0. The van der Waals surface area contributed by atoms with Gasteiger partial charge in [-0.15, -0.1) is 11.6 Å². The van der Waals surface area contributed by atoms with Crippen LogP contribution in [0, 0.1) is 5.82 Å². The van der Waals surface area contributed by atoms with Crippen LogP contribution in [0.25, 0.3) is 0 Å². The molecule has 0 heterocycles. The van der Waals surface area contributed by atoms with E-state index in [9.17, 15) is 9.18 Å². The van der Waals surface area contributed by atoms with Gasteiger partial charge in [0.25, 0.3) is 0 Å². The van der Waals surface area contributed by atoms with Gasteiger partial charge >= 0.3 is 5.97 Å². The van der Waals surface area contributed by atoms with Crippen LogP contribution in [0.1, 0.15) is 11.7 Å². The Balaban J connectivity index is 2.96. The van der Waals surface area contributed by atoms with Crippen molar-refractivity contribution in [1.82, 2.24) is 0 Å². The van der Waals surface area contributed by atoms with Crippen molar-refractivity contribution >= 4 is 33.5 Å². The summed E-state index contributed by atoms with van der Waals surface area (Å²) in [5.41, 5.74) is -0.0131. The molecule has 1 aromatic carbocycles. The summed E-state index contributed by atoms with van der Waals surface area (Å²) in [4.78, 5) is 10.9. The standard InChI is InChI=1S/C10H9BrClFO3/c11-6-1-2-7(8(13)5-6)9(10(14)15)16-4-3-12/h1-2,5,9H,3-4H2,(H,14,15). The first-order valence-corrected chi connectivity index (χ1v) is 5.74. The van der Waals surface area contributed by atoms with Crippen molar-refractivity contribution in [3.8, 4) is 0 Å². The minimum atomic E-state index is -1.33. The number of hydrogen-bond donors (Lipinski definition) is 1. The lowest BCUT2D eigenvalue weighted by atomic mass is 10.1. The van der Waals surface area contributed by atoms with Gasteiger partial charge in [0, 0.05) is 15.9 Å². The SMILES string of the molecule is O=C(O)C(OCCCl)c1ccc(Br)cc1F. The number of ether oxygens (including phenoxy) is 1. The Kier molecular flexibility index (Phi) is 5.18. The van der Waals surface area contributed by atoms with E-state index in [2.05, 4.69) is 15.9 Å². The van der Waals surface area contributed by atoms with E-state index in [1.807, 2.05) is 0 Å². The molecule has 0 aliphatic heterocycles. The van der Waals surface area contributed by atoms with Gasteiger partial charge in [-0.05, 0) is 12.1 Å².